The standard InChI is InChI=1S/C18H31N5O/c1-4-22-11-13-23(14-12-22)10-6-9-20-18(24)16-7-5-8-19-17(16)21-15(2)3/h5,7-8,15H,4,6,9-14H2,1-3H3,(H,19,21)(H,20,24). The number of nitrogens with one attached hydrogen (secondary N) is 2. The molecule has 0 atom stereocenters. The fraction of sp³-hybridized carbons (Fsp3) is 0.667. The Balaban J connectivity index is 1.72. The maximum atomic E-state index is 12.4. The molecule has 0 radical (unpaired) electrons. The Bertz CT molecular complexity index is 512. The van der Waals surface area contributed by atoms with E-state index in [-0.39, 0.29) is 11.9 Å². The van der Waals surface area contributed by atoms with Crippen molar-refractivity contribution in [2.75, 3.05) is 51.1 Å². The third-order valence-corrected chi connectivity index (χ3v) is 4.33. The van der Waals surface area contributed by atoms with Crippen LogP contribution >= 0.6 is 0 Å². The first-order valence-electron chi connectivity index (χ1n) is 9.04. The highest BCUT2D eigenvalue weighted by Gasteiger charge is 2.15. The summed E-state index contributed by atoms with van der Waals surface area (Å²) in [6.07, 6.45) is 2.68. The first-order chi connectivity index (χ1) is 11.6. The Morgan fingerprint density at radius 3 is 2.62 bits per heavy atom. The van der Waals surface area contributed by atoms with Gasteiger partial charge in [0, 0.05) is 45.0 Å². The average Bonchev–Trinajstić information content (AvgIpc) is 2.59. The highest BCUT2D eigenvalue weighted by atomic mass is 16.1. The highest BCUT2D eigenvalue weighted by Crippen LogP contribution is 2.12. The molecule has 1 aliphatic rings. The van der Waals surface area contributed by atoms with Crippen molar-refractivity contribution in [3.8, 4) is 0 Å². The third-order valence-electron chi connectivity index (χ3n) is 4.33. The lowest BCUT2D eigenvalue weighted by atomic mass is 10.2. The molecule has 1 saturated heterocycles. The minimum absolute atomic E-state index is 0.0537. The first kappa shape index (κ1) is 18.7. The third kappa shape index (κ3) is 5.76. The smallest absolute Gasteiger partial charge is 0.255 e. The number of hydrogen-bond donors (Lipinski definition) is 2. The van der Waals surface area contributed by atoms with E-state index in [1.54, 1.807) is 12.3 Å². The summed E-state index contributed by atoms with van der Waals surface area (Å²) in [6, 6.07) is 3.86. The number of piperazine rings is 1. The van der Waals surface area contributed by atoms with Gasteiger partial charge in [-0.05, 0) is 45.5 Å². The predicted octanol–water partition coefficient (Wildman–Crippen LogP) is 1.66. The molecule has 24 heavy (non-hydrogen) atoms. The molecule has 0 bridgehead atoms. The molecule has 1 aromatic heterocycles. The van der Waals surface area contributed by atoms with Crippen molar-refractivity contribution in [1.29, 1.82) is 0 Å². The van der Waals surface area contributed by atoms with Crippen LogP contribution < -0.4 is 10.6 Å². The predicted molar refractivity (Wildman–Crippen MR) is 98.5 cm³/mol. The summed E-state index contributed by atoms with van der Waals surface area (Å²) in [5, 5.41) is 6.24. The molecule has 6 heteroatoms. The fourth-order valence-electron chi connectivity index (χ4n) is 2.91. The summed E-state index contributed by atoms with van der Waals surface area (Å²) in [5.41, 5.74) is 0.614. The number of anilines is 1. The average molecular weight is 333 g/mol. The van der Waals surface area contributed by atoms with Crippen molar-refractivity contribution in [2.45, 2.75) is 33.2 Å². The van der Waals surface area contributed by atoms with Gasteiger partial charge in [-0.3, -0.25) is 4.79 Å². The van der Waals surface area contributed by atoms with Crippen LogP contribution in [-0.2, 0) is 0 Å². The van der Waals surface area contributed by atoms with Crippen LogP contribution in [-0.4, -0.2) is 72.5 Å². The van der Waals surface area contributed by atoms with Crippen molar-refractivity contribution in [1.82, 2.24) is 20.1 Å². The molecule has 1 amide bonds. The van der Waals surface area contributed by atoms with E-state index in [1.165, 1.54) is 0 Å². The van der Waals surface area contributed by atoms with Crippen LogP contribution in [0.5, 0.6) is 0 Å². The van der Waals surface area contributed by atoms with Gasteiger partial charge in [-0.15, -0.1) is 0 Å². The summed E-state index contributed by atoms with van der Waals surface area (Å²) in [7, 11) is 0. The minimum atomic E-state index is -0.0537. The highest BCUT2D eigenvalue weighted by molar-refractivity contribution is 5.98. The van der Waals surface area contributed by atoms with Gasteiger partial charge in [-0.1, -0.05) is 6.92 Å². The van der Waals surface area contributed by atoms with Gasteiger partial charge in [0.1, 0.15) is 5.82 Å². The maximum absolute atomic E-state index is 12.4. The van der Waals surface area contributed by atoms with Gasteiger partial charge in [0.15, 0.2) is 0 Å². The molecule has 2 heterocycles. The minimum Gasteiger partial charge on any atom is -0.367 e. The SMILES string of the molecule is CCN1CCN(CCCNC(=O)c2cccnc2NC(C)C)CC1. The second kappa shape index (κ2) is 9.59. The fourth-order valence-corrected chi connectivity index (χ4v) is 2.91. The number of carbonyl (C=O) groups excluding carboxylic acids is 1. The van der Waals surface area contributed by atoms with Gasteiger partial charge in [0.2, 0.25) is 0 Å². The molecule has 6 nitrogen and oxygen atoms in total. The second-order valence-corrected chi connectivity index (χ2v) is 6.58. The van der Waals surface area contributed by atoms with E-state index in [0.717, 1.165) is 45.7 Å². The number of aromatic nitrogens is 1. The van der Waals surface area contributed by atoms with Gasteiger partial charge >= 0.3 is 0 Å². The molecule has 0 saturated carbocycles. The zero-order valence-electron chi connectivity index (χ0n) is 15.2. The van der Waals surface area contributed by atoms with Gasteiger partial charge < -0.3 is 20.4 Å². The van der Waals surface area contributed by atoms with E-state index in [1.807, 2.05) is 19.9 Å². The van der Waals surface area contributed by atoms with Crippen LogP contribution in [0.4, 0.5) is 5.82 Å². The van der Waals surface area contributed by atoms with E-state index in [0.29, 0.717) is 17.9 Å². The van der Waals surface area contributed by atoms with Crippen LogP contribution in [0, 0.1) is 0 Å². The Hall–Kier alpha value is -1.66. The van der Waals surface area contributed by atoms with Crippen molar-refractivity contribution in [2.24, 2.45) is 0 Å². The largest absolute Gasteiger partial charge is 0.367 e. The molecule has 1 fully saturated rings. The number of pyridine rings is 1. The number of hydrogen-bond acceptors (Lipinski definition) is 5. The Labute approximate surface area is 145 Å². The molecular weight excluding hydrogens is 302 g/mol. The zero-order chi connectivity index (χ0) is 17.4. The molecule has 0 aromatic carbocycles. The van der Waals surface area contributed by atoms with E-state index >= 15 is 0 Å². The monoisotopic (exact) mass is 333 g/mol. The van der Waals surface area contributed by atoms with E-state index < -0.39 is 0 Å². The zero-order valence-corrected chi connectivity index (χ0v) is 15.2. The van der Waals surface area contributed by atoms with Crippen LogP contribution in [0.1, 0.15) is 37.6 Å². The van der Waals surface area contributed by atoms with E-state index in [2.05, 4.69) is 32.3 Å². The number of nitrogens with zero attached hydrogens (tertiary/aromatic N) is 3. The number of carbonyl (C=O) groups is 1. The van der Waals surface area contributed by atoms with Crippen molar-refractivity contribution >= 4 is 11.7 Å². The van der Waals surface area contributed by atoms with Crippen molar-refractivity contribution < 1.29 is 4.79 Å². The van der Waals surface area contributed by atoms with Gasteiger partial charge in [0.25, 0.3) is 5.91 Å². The lowest BCUT2D eigenvalue weighted by Crippen LogP contribution is -2.46. The molecule has 1 aromatic rings. The molecule has 2 rings (SSSR count). The van der Waals surface area contributed by atoms with Crippen LogP contribution in [0.25, 0.3) is 0 Å². The number of likely N-dealkylation sites (N-methyl/N-ethyl adjacent to an activating group) is 1. The summed E-state index contributed by atoms with van der Waals surface area (Å²) >= 11 is 0. The van der Waals surface area contributed by atoms with Crippen LogP contribution in [0.3, 0.4) is 0 Å². The van der Waals surface area contributed by atoms with E-state index in [9.17, 15) is 4.79 Å². The number of amides is 1. The van der Waals surface area contributed by atoms with Gasteiger partial charge in [0.05, 0.1) is 5.56 Å². The van der Waals surface area contributed by atoms with Gasteiger partial charge in [-0.2, -0.15) is 0 Å². The molecular formula is C18H31N5O. The Kier molecular flexibility index (Phi) is 7.46. The van der Waals surface area contributed by atoms with Crippen LogP contribution in [0.15, 0.2) is 18.3 Å². The number of rotatable bonds is 8. The topological polar surface area (TPSA) is 60.5 Å². The molecule has 2 N–H and O–H groups in total. The van der Waals surface area contributed by atoms with Crippen molar-refractivity contribution in [3.05, 3.63) is 23.9 Å². The maximum Gasteiger partial charge on any atom is 0.255 e. The molecule has 0 spiro atoms. The lowest BCUT2D eigenvalue weighted by molar-refractivity contribution is 0.0948. The summed E-state index contributed by atoms with van der Waals surface area (Å²) in [4.78, 5) is 21.6. The molecule has 134 valence electrons. The van der Waals surface area contributed by atoms with Crippen LogP contribution in [0.2, 0.25) is 0 Å². The molecule has 0 aliphatic carbocycles. The summed E-state index contributed by atoms with van der Waals surface area (Å²) in [5.74, 6) is 0.600. The van der Waals surface area contributed by atoms with Gasteiger partial charge in [-0.25, -0.2) is 4.98 Å². The summed E-state index contributed by atoms with van der Waals surface area (Å²) < 4.78 is 0. The Morgan fingerprint density at radius 2 is 1.96 bits per heavy atom. The normalized spacial score (nSPS) is 16.3. The molecule has 0 unspecified atom stereocenters. The summed E-state index contributed by atoms with van der Waals surface area (Å²) in [6.45, 7) is 13.7. The Morgan fingerprint density at radius 1 is 1.25 bits per heavy atom. The van der Waals surface area contributed by atoms with Crippen molar-refractivity contribution in [3.63, 3.8) is 0 Å². The second-order valence-electron chi connectivity index (χ2n) is 6.58. The first-order valence-corrected chi connectivity index (χ1v) is 9.04. The molecule has 1 aliphatic heterocycles. The van der Waals surface area contributed by atoms with E-state index in [4.69, 9.17) is 0 Å². The quantitative estimate of drug-likeness (QED) is 0.709. The lowest BCUT2D eigenvalue weighted by Gasteiger charge is -2.33.